The molecule has 3 aliphatic heterocycles. The van der Waals surface area contributed by atoms with E-state index in [-0.39, 0.29) is 43.1 Å². The number of carbonyl (C=O) groups excluding carboxylic acids is 5. The van der Waals surface area contributed by atoms with Crippen molar-refractivity contribution in [2.75, 3.05) is 27.9 Å². The highest BCUT2D eigenvalue weighted by Crippen LogP contribution is 2.36. The van der Waals surface area contributed by atoms with Crippen molar-refractivity contribution in [3.05, 3.63) is 47.6 Å². The van der Waals surface area contributed by atoms with Crippen LogP contribution < -0.4 is 0 Å². The minimum Gasteiger partial charge on any atom is -0.453 e. The zero-order chi connectivity index (χ0) is 47.5. The molecular weight excluding hydrogens is 823 g/mol. The number of Topliss-reactive ketones (excluding diaryl/α,β-unsaturated/α-hetero) is 3. The standard InChI is InChI=1S/C50H77NO13/c1-29-16-12-11-13-17-30(2)40(60-8)28-37-21-19-31(3)47(56)50(59,64-37)49(58)51-23-15-14-18-38(51)48(57)63-45(35(7)26-36-20-22-39(52)41(27-36)61-9)42(53)33(5)25-34(6)44(55)46(62-10)43(54)32(4)24-29/h11-13,16-17,25,29,31-33,35-41,44-46,52,55,59H,14-15,18-24,26-28H2,1-10H3/b13-11+,16-12+,30-17+,34-25+/t29-,31-,32-,33-,35-,36+,37+,38+,39-,40+,41-,44-,45-,46+,50?/m1/s1. The first-order chi connectivity index (χ1) is 30.3. The number of aliphatic hydroxyl groups excluding tert-OH is 2. The predicted octanol–water partition coefficient (Wildman–Crippen LogP) is 5.79. The van der Waals surface area contributed by atoms with E-state index in [1.165, 1.54) is 12.0 Å². The lowest BCUT2D eigenvalue weighted by atomic mass is 9.78. The van der Waals surface area contributed by atoms with Crippen molar-refractivity contribution >= 4 is 29.2 Å². The smallest absolute Gasteiger partial charge is 0.329 e. The van der Waals surface area contributed by atoms with Crippen molar-refractivity contribution < 1.29 is 63.0 Å². The highest BCUT2D eigenvalue weighted by atomic mass is 16.6. The molecule has 64 heavy (non-hydrogen) atoms. The molecule has 14 nitrogen and oxygen atoms in total. The van der Waals surface area contributed by atoms with E-state index < -0.39 is 95.6 Å². The van der Waals surface area contributed by atoms with Gasteiger partial charge in [-0.05, 0) is 101 Å². The van der Waals surface area contributed by atoms with Gasteiger partial charge in [-0.1, -0.05) is 71.1 Å². The normalized spacial score (nSPS) is 40.7. The Kier molecular flexibility index (Phi) is 20.3. The number of aliphatic hydroxyl groups is 3. The van der Waals surface area contributed by atoms with Gasteiger partial charge in [-0.2, -0.15) is 0 Å². The topological polar surface area (TPSA) is 195 Å². The number of methoxy groups -OCH3 is 3. The van der Waals surface area contributed by atoms with Crippen LogP contribution in [0.1, 0.15) is 119 Å². The molecule has 1 amide bonds. The Labute approximate surface area is 380 Å². The molecule has 0 aromatic carbocycles. The number of amides is 1. The maximum absolute atomic E-state index is 14.6. The molecule has 2 saturated heterocycles. The lowest BCUT2D eigenvalue weighted by Gasteiger charge is -2.40. The van der Waals surface area contributed by atoms with Crippen molar-refractivity contribution in [1.29, 1.82) is 0 Å². The largest absolute Gasteiger partial charge is 0.453 e. The second kappa shape index (κ2) is 24.4. The Morgan fingerprint density at radius 1 is 0.812 bits per heavy atom. The quantitative estimate of drug-likeness (QED) is 0.165. The fourth-order valence-corrected chi connectivity index (χ4v) is 10.0. The zero-order valence-corrected chi connectivity index (χ0v) is 39.9. The van der Waals surface area contributed by atoms with E-state index in [4.69, 9.17) is 23.7 Å². The van der Waals surface area contributed by atoms with Crippen molar-refractivity contribution in [3.8, 4) is 0 Å². The number of allylic oxidation sites excluding steroid dienone is 6. The molecule has 3 heterocycles. The first-order valence-corrected chi connectivity index (χ1v) is 23.5. The summed E-state index contributed by atoms with van der Waals surface area (Å²) in [6.45, 7) is 12.5. The molecule has 4 rings (SSSR count). The van der Waals surface area contributed by atoms with E-state index in [0.717, 1.165) is 5.57 Å². The first-order valence-electron chi connectivity index (χ1n) is 23.5. The van der Waals surface area contributed by atoms with Crippen LogP contribution in [0.15, 0.2) is 47.6 Å². The van der Waals surface area contributed by atoms with Crippen molar-refractivity contribution in [2.24, 2.45) is 35.5 Å². The summed E-state index contributed by atoms with van der Waals surface area (Å²) in [5.74, 6) is -8.82. The van der Waals surface area contributed by atoms with Crippen LogP contribution in [0, 0.1) is 35.5 Å². The van der Waals surface area contributed by atoms with Crippen LogP contribution in [0.2, 0.25) is 0 Å². The summed E-state index contributed by atoms with van der Waals surface area (Å²) in [4.78, 5) is 72.6. The molecule has 0 spiro atoms. The van der Waals surface area contributed by atoms with E-state index in [0.29, 0.717) is 63.4 Å². The summed E-state index contributed by atoms with van der Waals surface area (Å²) in [6.07, 6.45) is 9.88. The molecular formula is C50H77NO13. The highest BCUT2D eigenvalue weighted by Gasteiger charge is 2.55. The van der Waals surface area contributed by atoms with Gasteiger partial charge in [0.05, 0.1) is 24.4 Å². The molecule has 4 aliphatic rings. The average molecular weight is 900 g/mol. The second-order valence-electron chi connectivity index (χ2n) is 19.2. The Hall–Kier alpha value is -3.37. The molecule has 360 valence electrons. The van der Waals surface area contributed by atoms with Gasteiger partial charge in [0.1, 0.15) is 18.2 Å². The van der Waals surface area contributed by atoms with Gasteiger partial charge in [-0.3, -0.25) is 19.2 Å². The third kappa shape index (κ3) is 13.4. The number of carbonyl (C=O) groups is 5. The number of hydrogen-bond acceptors (Lipinski definition) is 13. The molecule has 0 radical (unpaired) electrons. The van der Waals surface area contributed by atoms with Gasteiger partial charge in [-0.25, -0.2) is 4.79 Å². The van der Waals surface area contributed by atoms with Crippen LogP contribution in [0.4, 0.5) is 0 Å². The number of hydrogen-bond donors (Lipinski definition) is 3. The fraction of sp³-hybridized carbons (Fsp3) is 0.740. The number of ketones is 3. The van der Waals surface area contributed by atoms with E-state index >= 15 is 0 Å². The van der Waals surface area contributed by atoms with Crippen LogP contribution >= 0.6 is 0 Å². The molecule has 15 atom stereocenters. The summed E-state index contributed by atoms with van der Waals surface area (Å²) in [7, 11) is 4.47. The number of nitrogens with zero attached hydrogens (tertiary/aromatic N) is 1. The van der Waals surface area contributed by atoms with Crippen LogP contribution in [-0.2, 0) is 47.7 Å². The molecule has 3 N–H and O–H groups in total. The molecule has 1 aliphatic carbocycles. The maximum Gasteiger partial charge on any atom is 0.329 e. The fourth-order valence-electron chi connectivity index (χ4n) is 10.0. The molecule has 2 bridgehead atoms. The van der Waals surface area contributed by atoms with Gasteiger partial charge in [0.2, 0.25) is 5.78 Å². The third-order valence-electron chi connectivity index (χ3n) is 14.0. The predicted molar refractivity (Wildman–Crippen MR) is 241 cm³/mol. The molecule has 1 unspecified atom stereocenters. The highest BCUT2D eigenvalue weighted by molar-refractivity contribution is 6.09. The number of ether oxygens (including phenoxy) is 5. The van der Waals surface area contributed by atoms with E-state index in [1.54, 1.807) is 48.0 Å². The van der Waals surface area contributed by atoms with Crippen LogP contribution in [0.25, 0.3) is 0 Å². The number of piperidine rings is 1. The van der Waals surface area contributed by atoms with E-state index in [2.05, 4.69) is 0 Å². The van der Waals surface area contributed by atoms with Gasteiger partial charge in [-0.15, -0.1) is 0 Å². The zero-order valence-electron chi connectivity index (χ0n) is 39.9. The van der Waals surface area contributed by atoms with E-state index in [1.807, 2.05) is 51.2 Å². The van der Waals surface area contributed by atoms with Crippen LogP contribution in [0.3, 0.4) is 0 Å². The Balaban J connectivity index is 1.77. The van der Waals surface area contributed by atoms with Gasteiger partial charge in [0, 0.05) is 58.0 Å². The van der Waals surface area contributed by atoms with E-state index in [9.17, 15) is 39.3 Å². The number of rotatable bonds is 6. The minimum atomic E-state index is -2.87. The van der Waals surface area contributed by atoms with Crippen LogP contribution in [0.5, 0.6) is 0 Å². The number of cyclic esters (lactones) is 1. The SMILES string of the molecule is CO[C@H]1C[C@@H]2CC[C@@H](C)C(=O)C(O)(O2)C(=O)N2CCCC[C@H]2C(=O)O[C@H]([C@H](C)C[C@@H]2CC[C@@H](O)[C@H](OC)C2)C(=O)[C@H](C)/C=C(\C)[C@@H](O)[C@@H](OC)C(=O)[C@H](C)C[C@H](C)/C=C/C=C/C=C/1C. The summed E-state index contributed by atoms with van der Waals surface area (Å²) in [5.41, 5.74) is 1.18. The van der Waals surface area contributed by atoms with Gasteiger partial charge in [0.15, 0.2) is 17.7 Å². The lowest BCUT2D eigenvalue weighted by molar-refractivity contribution is -0.231. The summed E-state index contributed by atoms with van der Waals surface area (Å²) >= 11 is 0. The lowest BCUT2D eigenvalue weighted by Crippen LogP contribution is -2.62. The van der Waals surface area contributed by atoms with Crippen molar-refractivity contribution in [3.63, 3.8) is 0 Å². The molecule has 1 saturated carbocycles. The van der Waals surface area contributed by atoms with Gasteiger partial charge < -0.3 is 43.9 Å². The van der Waals surface area contributed by atoms with Crippen LogP contribution in [-0.4, -0.2) is 132 Å². The summed E-state index contributed by atoms with van der Waals surface area (Å²) in [5, 5.41) is 34.1. The Morgan fingerprint density at radius 2 is 1.53 bits per heavy atom. The average Bonchev–Trinajstić information content (AvgIpc) is 3.38. The molecule has 0 aromatic heterocycles. The second-order valence-corrected chi connectivity index (χ2v) is 19.2. The summed E-state index contributed by atoms with van der Waals surface area (Å²) in [6, 6.07) is -1.23. The van der Waals surface area contributed by atoms with Gasteiger partial charge >= 0.3 is 11.8 Å². The van der Waals surface area contributed by atoms with Crippen molar-refractivity contribution in [2.45, 2.75) is 174 Å². The molecule has 3 fully saturated rings. The number of esters is 1. The summed E-state index contributed by atoms with van der Waals surface area (Å²) < 4.78 is 29.4. The Morgan fingerprint density at radius 3 is 2.20 bits per heavy atom. The third-order valence-corrected chi connectivity index (χ3v) is 14.0. The maximum atomic E-state index is 14.6. The number of fused-ring (bicyclic) bond motifs is 3. The monoisotopic (exact) mass is 900 g/mol. The first kappa shape index (κ1) is 53.2. The van der Waals surface area contributed by atoms with Crippen molar-refractivity contribution in [1.82, 2.24) is 4.90 Å². The molecule has 14 heteroatoms. The van der Waals surface area contributed by atoms with Gasteiger partial charge in [0.25, 0.3) is 5.91 Å². The molecule has 0 aromatic rings. The minimum absolute atomic E-state index is 0.00627. The Bertz CT molecular complexity index is 1740.